The molecule has 0 atom stereocenters. The topological polar surface area (TPSA) is 9.23 Å². The molecule has 0 saturated heterocycles. The van der Waals surface area contributed by atoms with E-state index in [9.17, 15) is 0 Å². The van der Waals surface area contributed by atoms with Crippen LogP contribution in [0, 0.1) is 19.3 Å². The maximum absolute atomic E-state index is 5.73. The van der Waals surface area contributed by atoms with Gasteiger partial charge in [0.25, 0.3) is 0 Å². The van der Waals surface area contributed by atoms with E-state index in [1.165, 1.54) is 0 Å². The molecule has 0 bridgehead atoms. The highest BCUT2D eigenvalue weighted by molar-refractivity contribution is 5.42. The van der Waals surface area contributed by atoms with E-state index in [1.807, 2.05) is 45.9 Å². The second-order valence-corrected chi connectivity index (χ2v) is 4.39. The predicted octanol–water partition coefficient (Wildman–Crippen LogP) is 3.15. The number of terminal acetylenes is 1. The molecule has 0 radical (unpaired) electrons. The van der Waals surface area contributed by atoms with Crippen LogP contribution in [0.1, 0.15) is 31.9 Å². The molecule has 1 nitrogen and oxygen atoms in total. The van der Waals surface area contributed by atoms with E-state index in [0.717, 1.165) is 16.9 Å². The van der Waals surface area contributed by atoms with Crippen LogP contribution in [0.2, 0.25) is 0 Å². The van der Waals surface area contributed by atoms with Crippen LogP contribution in [0.3, 0.4) is 0 Å². The van der Waals surface area contributed by atoms with Crippen LogP contribution in [-0.2, 0) is 0 Å². The Morgan fingerprint density at radius 2 is 1.86 bits per heavy atom. The van der Waals surface area contributed by atoms with Gasteiger partial charge in [0.1, 0.15) is 11.4 Å². The van der Waals surface area contributed by atoms with Crippen molar-refractivity contribution >= 4 is 0 Å². The van der Waals surface area contributed by atoms with Gasteiger partial charge in [0.2, 0.25) is 0 Å². The normalized spacial score (nSPS) is 10.8. The van der Waals surface area contributed by atoms with Crippen molar-refractivity contribution in [2.75, 3.05) is 0 Å². The molecule has 1 aromatic carbocycles. The Bertz CT molecular complexity index is 364. The standard InChI is InChI=1S/C13H16O/c1-6-11-7-10(2)8-12(9-11)14-13(3,4)5/h1,7-9H,2-5H3. The molecule has 0 aliphatic heterocycles. The van der Waals surface area contributed by atoms with Gasteiger partial charge in [-0.25, -0.2) is 0 Å². The van der Waals surface area contributed by atoms with E-state index in [2.05, 4.69) is 5.92 Å². The van der Waals surface area contributed by atoms with Crippen molar-refractivity contribution < 1.29 is 4.74 Å². The maximum Gasteiger partial charge on any atom is 0.121 e. The van der Waals surface area contributed by atoms with Crippen LogP contribution in [0.4, 0.5) is 0 Å². The molecule has 74 valence electrons. The van der Waals surface area contributed by atoms with Crippen molar-refractivity contribution in [2.24, 2.45) is 0 Å². The first-order chi connectivity index (χ1) is 6.40. The lowest BCUT2D eigenvalue weighted by molar-refractivity contribution is 0.131. The summed E-state index contributed by atoms with van der Waals surface area (Å²) in [4.78, 5) is 0. The molecule has 0 unspecified atom stereocenters. The molecule has 0 amide bonds. The first kappa shape index (κ1) is 10.7. The second kappa shape index (κ2) is 3.75. The third-order valence-corrected chi connectivity index (χ3v) is 1.64. The van der Waals surface area contributed by atoms with E-state index < -0.39 is 0 Å². The molecule has 0 N–H and O–H groups in total. The minimum Gasteiger partial charge on any atom is -0.488 e. The first-order valence-corrected chi connectivity index (χ1v) is 4.68. The van der Waals surface area contributed by atoms with Gasteiger partial charge in [-0.15, -0.1) is 6.42 Å². The molecular formula is C13H16O. The lowest BCUT2D eigenvalue weighted by Gasteiger charge is -2.21. The molecule has 14 heavy (non-hydrogen) atoms. The maximum atomic E-state index is 5.73. The lowest BCUT2D eigenvalue weighted by Crippen LogP contribution is -2.23. The minimum atomic E-state index is -0.181. The molecule has 0 aliphatic carbocycles. The van der Waals surface area contributed by atoms with E-state index in [1.54, 1.807) is 0 Å². The van der Waals surface area contributed by atoms with Gasteiger partial charge >= 0.3 is 0 Å². The third-order valence-electron chi connectivity index (χ3n) is 1.64. The largest absolute Gasteiger partial charge is 0.488 e. The monoisotopic (exact) mass is 188 g/mol. The van der Waals surface area contributed by atoms with Crippen LogP contribution in [0.15, 0.2) is 18.2 Å². The average molecular weight is 188 g/mol. The molecule has 0 saturated carbocycles. The number of hydrogen-bond acceptors (Lipinski definition) is 1. The van der Waals surface area contributed by atoms with E-state index in [4.69, 9.17) is 11.2 Å². The van der Waals surface area contributed by atoms with Crippen LogP contribution < -0.4 is 4.74 Å². The Labute approximate surface area is 86.1 Å². The summed E-state index contributed by atoms with van der Waals surface area (Å²) in [7, 11) is 0. The number of aryl methyl sites for hydroxylation is 1. The van der Waals surface area contributed by atoms with Gasteiger partial charge in [-0.3, -0.25) is 0 Å². The zero-order chi connectivity index (χ0) is 10.8. The molecule has 0 aromatic heterocycles. The molecule has 1 aromatic rings. The number of ether oxygens (including phenoxy) is 1. The number of rotatable bonds is 1. The summed E-state index contributed by atoms with van der Waals surface area (Å²) in [6.45, 7) is 8.07. The van der Waals surface area contributed by atoms with Crippen molar-refractivity contribution in [1.29, 1.82) is 0 Å². The Kier molecular flexibility index (Phi) is 2.86. The minimum absolute atomic E-state index is 0.181. The SMILES string of the molecule is C#Cc1cc(C)cc(OC(C)(C)C)c1. The summed E-state index contributed by atoms with van der Waals surface area (Å²) in [6.07, 6.45) is 5.35. The van der Waals surface area contributed by atoms with Crippen molar-refractivity contribution in [3.05, 3.63) is 29.3 Å². The molecule has 0 aliphatic rings. The van der Waals surface area contributed by atoms with Gasteiger partial charge in [-0.2, -0.15) is 0 Å². The van der Waals surface area contributed by atoms with Gasteiger partial charge in [0.15, 0.2) is 0 Å². The number of hydrogen-bond donors (Lipinski definition) is 0. The highest BCUT2D eigenvalue weighted by atomic mass is 16.5. The fourth-order valence-electron chi connectivity index (χ4n) is 1.24. The Morgan fingerprint density at radius 1 is 1.21 bits per heavy atom. The van der Waals surface area contributed by atoms with E-state index >= 15 is 0 Å². The van der Waals surface area contributed by atoms with E-state index in [0.29, 0.717) is 0 Å². The smallest absolute Gasteiger partial charge is 0.121 e. The predicted molar refractivity (Wildman–Crippen MR) is 59.5 cm³/mol. The first-order valence-electron chi connectivity index (χ1n) is 4.68. The molecule has 0 heterocycles. The van der Waals surface area contributed by atoms with Crippen LogP contribution in [-0.4, -0.2) is 5.60 Å². The second-order valence-electron chi connectivity index (χ2n) is 4.39. The van der Waals surface area contributed by atoms with Gasteiger partial charge in [-0.1, -0.05) is 5.92 Å². The van der Waals surface area contributed by atoms with Crippen molar-refractivity contribution in [2.45, 2.75) is 33.3 Å². The average Bonchev–Trinajstić information content (AvgIpc) is 1.99. The van der Waals surface area contributed by atoms with E-state index in [-0.39, 0.29) is 5.60 Å². The van der Waals surface area contributed by atoms with Gasteiger partial charge in [-0.05, 0) is 51.5 Å². The van der Waals surface area contributed by atoms with Gasteiger partial charge in [0, 0.05) is 5.56 Å². The summed E-state index contributed by atoms with van der Waals surface area (Å²) >= 11 is 0. The lowest BCUT2D eigenvalue weighted by atomic mass is 10.1. The van der Waals surface area contributed by atoms with Crippen molar-refractivity contribution in [3.63, 3.8) is 0 Å². The highest BCUT2D eigenvalue weighted by Gasteiger charge is 2.11. The summed E-state index contributed by atoms with van der Waals surface area (Å²) < 4.78 is 5.73. The highest BCUT2D eigenvalue weighted by Crippen LogP contribution is 2.21. The summed E-state index contributed by atoms with van der Waals surface area (Å²) in [5.41, 5.74) is 1.81. The van der Waals surface area contributed by atoms with Crippen LogP contribution in [0.25, 0.3) is 0 Å². The third kappa shape index (κ3) is 3.14. The Hall–Kier alpha value is -1.42. The van der Waals surface area contributed by atoms with Crippen LogP contribution in [0.5, 0.6) is 5.75 Å². The Balaban J connectivity index is 3.00. The van der Waals surface area contributed by atoms with Gasteiger partial charge < -0.3 is 4.74 Å². The summed E-state index contributed by atoms with van der Waals surface area (Å²) in [5, 5.41) is 0. The van der Waals surface area contributed by atoms with Gasteiger partial charge in [0.05, 0.1) is 0 Å². The fraction of sp³-hybridized carbons (Fsp3) is 0.385. The molecule has 0 spiro atoms. The van der Waals surface area contributed by atoms with Crippen molar-refractivity contribution in [3.8, 4) is 18.1 Å². The fourth-order valence-corrected chi connectivity index (χ4v) is 1.24. The summed E-state index contributed by atoms with van der Waals surface area (Å²) in [5.74, 6) is 3.45. The molecule has 1 heteroatoms. The number of benzene rings is 1. The molecular weight excluding hydrogens is 172 g/mol. The van der Waals surface area contributed by atoms with Crippen molar-refractivity contribution in [1.82, 2.24) is 0 Å². The molecule has 0 fully saturated rings. The van der Waals surface area contributed by atoms with Crippen LogP contribution >= 0.6 is 0 Å². The molecule has 1 rings (SSSR count). The Morgan fingerprint density at radius 3 is 2.36 bits per heavy atom. The quantitative estimate of drug-likeness (QED) is 0.615. The zero-order valence-corrected chi connectivity index (χ0v) is 9.22. The zero-order valence-electron chi connectivity index (χ0n) is 9.22. The summed E-state index contributed by atoms with van der Waals surface area (Å²) in [6, 6.07) is 5.85.